The van der Waals surface area contributed by atoms with Crippen LogP contribution in [0.15, 0.2) is 30.6 Å². The van der Waals surface area contributed by atoms with E-state index < -0.39 is 6.10 Å². The quantitative estimate of drug-likeness (QED) is 0.911. The molecule has 0 bridgehead atoms. The van der Waals surface area contributed by atoms with E-state index in [0.29, 0.717) is 22.2 Å². The summed E-state index contributed by atoms with van der Waals surface area (Å²) in [6.45, 7) is 0. The zero-order valence-corrected chi connectivity index (χ0v) is 10.3. The highest BCUT2D eigenvalue weighted by Gasteiger charge is 2.16. The molecule has 1 atom stereocenters. The molecule has 1 N–H and O–H groups in total. The Morgan fingerprint density at radius 3 is 2.76 bits per heavy atom. The third-order valence-corrected chi connectivity index (χ3v) is 2.89. The number of aryl methyl sites for hydroxylation is 1. The van der Waals surface area contributed by atoms with E-state index in [0.717, 1.165) is 0 Å². The lowest BCUT2D eigenvalue weighted by Crippen LogP contribution is -2.06. The van der Waals surface area contributed by atoms with Gasteiger partial charge in [0.2, 0.25) is 0 Å². The number of aliphatic hydroxyl groups is 1. The fraction of sp³-hybridized carbons (Fsp3) is 0.250. The first kappa shape index (κ1) is 12.0. The van der Waals surface area contributed by atoms with Gasteiger partial charge in [-0.2, -0.15) is 0 Å². The number of benzene rings is 1. The van der Waals surface area contributed by atoms with Gasteiger partial charge in [-0.3, -0.25) is 0 Å². The smallest absolute Gasteiger partial charge is 0.142 e. The summed E-state index contributed by atoms with van der Waals surface area (Å²) in [7, 11) is 3.38. The number of nitrogens with zero attached hydrogens (tertiary/aromatic N) is 2. The summed E-state index contributed by atoms with van der Waals surface area (Å²) < 4.78 is 6.83. The number of imidazole rings is 1. The largest absolute Gasteiger partial charge is 0.495 e. The van der Waals surface area contributed by atoms with Crippen LogP contribution in [0.3, 0.4) is 0 Å². The Kier molecular flexibility index (Phi) is 3.36. The van der Waals surface area contributed by atoms with Crippen molar-refractivity contribution >= 4 is 11.6 Å². The highest BCUT2D eigenvalue weighted by molar-refractivity contribution is 6.32. The molecule has 0 spiro atoms. The Morgan fingerprint density at radius 2 is 2.24 bits per heavy atom. The van der Waals surface area contributed by atoms with Crippen LogP contribution in [0.25, 0.3) is 0 Å². The molecule has 0 saturated heterocycles. The number of methoxy groups -OCH3 is 1. The maximum atomic E-state index is 10.2. The highest BCUT2D eigenvalue weighted by atomic mass is 35.5. The summed E-state index contributed by atoms with van der Waals surface area (Å²) in [5, 5.41) is 10.6. The second-order valence-electron chi connectivity index (χ2n) is 3.69. The number of aromatic nitrogens is 2. The predicted octanol–water partition coefficient (Wildman–Crippen LogP) is 2.16. The van der Waals surface area contributed by atoms with Crippen molar-refractivity contribution in [2.75, 3.05) is 7.11 Å². The Balaban J connectivity index is 2.35. The monoisotopic (exact) mass is 252 g/mol. The lowest BCUT2D eigenvalue weighted by Gasteiger charge is -2.12. The van der Waals surface area contributed by atoms with E-state index in [2.05, 4.69) is 4.98 Å². The van der Waals surface area contributed by atoms with Crippen molar-refractivity contribution in [3.63, 3.8) is 0 Å². The van der Waals surface area contributed by atoms with E-state index >= 15 is 0 Å². The zero-order valence-electron chi connectivity index (χ0n) is 9.59. The molecule has 4 nitrogen and oxygen atoms in total. The van der Waals surface area contributed by atoms with Gasteiger partial charge in [0.15, 0.2) is 0 Å². The molecule has 1 aromatic carbocycles. The molecule has 17 heavy (non-hydrogen) atoms. The fourth-order valence-corrected chi connectivity index (χ4v) is 1.91. The van der Waals surface area contributed by atoms with E-state index in [9.17, 15) is 5.11 Å². The van der Waals surface area contributed by atoms with Gasteiger partial charge in [0, 0.05) is 19.4 Å². The summed E-state index contributed by atoms with van der Waals surface area (Å²) in [5.74, 6) is 1.16. The molecule has 0 aliphatic rings. The normalized spacial score (nSPS) is 12.5. The minimum Gasteiger partial charge on any atom is -0.495 e. The molecule has 2 rings (SSSR count). The van der Waals surface area contributed by atoms with Crippen LogP contribution < -0.4 is 4.74 Å². The SMILES string of the molecule is COc1ccc(C(O)c2nccn2C)cc1Cl. The van der Waals surface area contributed by atoms with Crippen LogP contribution >= 0.6 is 11.6 Å². The Labute approximate surface area is 104 Å². The van der Waals surface area contributed by atoms with Crippen LogP contribution in [0.5, 0.6) is 5.75 Å². The summed E-state index contributed by atoms with van der Waals surface area (Å²) in [4.78, 5) is 4.10. The number of ether oxygens (including phenoxy) is 1. The van der Waals surface area contributed by atoms with E-state index in [1.165, 1.54) is 0 Å². The van der Waals surface area contributed by atoms with Gasteiger partial charge in [0.05, 0.1) is 12.1 Å². The van der Waals surface area contributed by atoms with E-state index in [4.69, 9.17) is 16.3 Å². The molecular formula is C12H13ClN2O2. The molecule has 0 radical (unpaired) electrons. The summed E-state index contributed by atoms with van der Waals surface area (Å²) in [6, 6.07) is 5.17. The van der Waals surface area contributed by atoms with Crippen LogP contribution in [0, 0.1) is 0 Å². The summed E-state index contributed by atoms with van der Waals surface area (Å²) >= 11 is 6.01. The Morgan fingerprint density at radius 1 is 1.47 bits per heavy atom. The molecule has 0 fully saturated rings. The van der Waals surface area contributed by atoms with Crippen molar-refractivity contribution in [3.8, 4) is 5.75 Å². The van der Waals surface area contributed by atoms with Crippen molar-refractivity contribution < 1.29 is 9.84 Å². The average molecular weight is 253 g/mol. The Bertz CT molecular complexity index is 525. The van der Waals surface area contributed by atoms with E-state index in [1.54, 1.807) is 42.3 Å². The molecule has 1 unspecified atom stereocenters. The van der Waals surface area contributed by atoms with E-state index in [-0.39, 0.29) is 0 Å². The third-order valence-electron chi connectivity index (χ3n) is 2.59. The lowest BCUT2D eigenvalue weighted by atomic mass is 10.1. The van der Waals surface area contributed by atoms with Crippen LogP contribution in [-0.4, -0.2) is 21.8 Å². The maximum Gasteiger partial charge on any atom is 0.142 e. The Hall–Kier alpha value is -1.52. The second kappa shape index (κ2) is 4.77. The van der Waals surface area contributed by atoms with Gasteiger partial charge in [0.1, 0.15) is 17.7 Å². The third kappa shape index (κ3) is 2.28. The second-order valence-corrected chi connectivity index (χ2v) is 4.10. The van der Waals surface area contributed by atoms with Gasteiger partial charge < -0.3 is 14.4 Å². The van der Waals surface area contributed by atoms with E-state index in [1.807, 2.05) is 7.05 Å². The number of hydrogen-bond acceptors (Lipinski definition) is 3. The standard InChI is InChI=1S/C12H13ClN2O2/c1-15-6-5-14-12(15)11(16)8-3-4-10(17-2)9(13)7-8/h3-7,11,16H,1-2H3. The van der Waals surface area contributed by atoms with Gasteiger partial charge in [0.25, 0.3) is 0 Å². The van der Waals surface area contributed by atoms with Crippen molar-refractivity contribution in [3.05, 3.63) is 47.0 Å². The first-order valence-corrected chi connectivity index (χ1v) is 5.50. The lowest BCUT2D eigenvalue weighted by molar-refractivity contribution is 0.206. The van der Waals surface area contributed by atoms with Gasteiger partial charge in [-0.25, -0.2) is 4.98 Å². The van der Waals surface area contributed by atoms with Crippen LogP contribution in [0.2, 0.25) is 5.02 Å². The number of rotatable bonds is 3. The number of halogens is 1. The average Bonchev–Trinajstić information content (AvgIpc) is 2.74. The molecule has 1 aromatic heterocycles. The minimum atomic E-state index is -0.793. The van der Waals surface area contributed by atoms with Crippen LogP contribution in [0.1, 0.15) is 17.5 Å². The predicted molar refractivity (Wildman–Crippen MR) is 65.3 cm³/mol. The summed E-state index contributed by atoms with van der Waals surface area (Å²) in [5.41, 5.74) is 0.685. The molecule has 2 aromatic rings. The molecule has 90 valence electrons. The van der Waals surface area contributed by atoms with Crippen LogP contribution in [0.4, 0.5) is 0 Å². The van der Waals surface area contributed by atoms with Crippen LogP contribution in [-0.2, 0) is 7.05 Å². The summed E-state index contributed by atoms with van der Waals surface area (Å²) in [6.07, 6.45) is 2.63. The zero-order chi connectivity index (χ0) is 12.4. The first-order chi connectivity index (χ1) is 8.13. The molecular weight excluding hydrogens is 240 g/mol. The van der Waals surface area contributed by atoms with Crippen molar-refractivity contribution in [2.45, 2.75) is 6.10 Å². The van der Waals surface area contributed by atoms with Crippen molar-refractivity contribution in [1.82, 2.24) is 9.55 Å². The van der Waals surface area contributed by atoms with Gasteiger partial charge >= 0.3 is 0 Å². The fourth-order valence-electron chi connectivity index (χ4n) is 1.64. The minimum absolute atomic E-state index is 0.471. The van der Waals surface area contributed by atoms with Gasteiger partial charge in [-0.15, -0.1) is 0 Å². The van der Waals surface area contributed by atoms with Crippen molar-refractivity contribution in [1.29, 1.82) is 0 Å². The first-order valence-electron chi connectivity index (χ1n) is 5.12. The number of aliphatic hydroxyl groups excluding tert-OH is 1. The molecule has 1 heterocycles. The molecule has 0 aliphatic carbocycles. The van der Waals surface area contributed by atoms with Crippen molar-refractivity contribution in [2.24, 2.45) is 7.05 Å². The maximum absolute atomic E-state index is 10.2. The van der Waals surface area contributed by atoms with Gasteiger partial charge in [-0.05, 0) is 17.7 Å². The molecule has 0 saturated carbocycles. The van der Waals surface area contributed by atoms with Gasteiger partial charge in [-0.1, -0.05) is 17.7 Å². The number of hydrogen-bond donors (Lipinski definition) is 1. The molecule has 5 heteroatoms. The molecule has 0 aliphatic heterocycles. The molecule has 0 amide bonds. The highest BCUT2D eigenvalue weighted by Crippen LogP contribution is 2.29. The topological polar surface area (TPSA) is 47.3 Å².